The highest BCUT2D eigenvalue weighted by Gasteiger charge is 2.30. The highest BCUT2D eigenvalue weighted by molar-refractivity contribution is 5.84. The summed E-state index contributed by atoms with van der Waals surface area (Å²) < 4.78 is 23.7. The molecule has 0 unspecified atom stereocenters. The number of benzene rings is 1. The average molecular weight is 365 g/mol. The normalized spacial score (nSPS) is 23.8. The van der Waals surface area contributed by atoms with Gasteiger partial charge in [-0.2, -0.15) is 0 Å². The predicted molar refractivity (Wildman–Crippen MR) is 96.3 cm³/mol. The lowest BCUT2D eigenvalue weighted by atomic mass is 9.78. The Hall–Kier alpha value is -2.11. The molecule has 0 aromatic heterocycles. The molecule has 26 heavy (non-hydrogen) atoms. The molecule has 2 rings (SSSR count). The smallest absolute Gasteiger partial charge is 0.311 e. The van der Waals surface area contributed by atoms with Crippen LogP contribution in [-0.2, 0) is 20.7 Å². The molecule has 1 saturated carbocycles. The van der Waals surface area contributed by atoms with E-state index in [2.05, 4.69) is 19.2 Å². The van der Waals surface area contributed by atoms with E-state index in [0.29, 0.717) is 17.4 Å². The zero-order valence-electron chi connectivity index (χ0n) is 15.9. The van der Waals surface area contributed by atoms with Crippen LogP contribution in [0.5, 0.6) is 5.75 Å². The summed E-state index contributed by atoms with van der Waals surface area (Å²) in [6, 6.07) is 4.40. The summed E-state index contributed by atoms with van der Waals surface area (Å²) in [5.41, 5.74) is 0.468. The number of ether oxygens (including phenoxy) is 2. The first-order valence-corrected chi connectivity index (χ1v) is 9.14. The minimum absolute atomic E-state index is 0.102. The van der Waals surface area contributed by atoms with Gasteiger partial charge in [-0.25, -0.2) is 4.39 Å². The second-order valence-electron chi connectivity index (χ2n) is 7.16. The van der Waals surface area contributed by atoms with Crippen molar-refractivity contribution in [2.24, 2.45) is 11.8 Å². The van der Waals surface area contributed by atoms with Gasteiger partial charge in [-0.05, 0) is 42.9 Å². The van der Waals surface area contributed by atoms with Crippen LogP contribution in [0.4, 0.5) is 4.39 Å². The van der Waals surface area contributed by atoms with Gasteiger partial charge in [-0.15, -0.1) is 0 Å². The van der Waals surface area contributed by atoms with E-state index < -0.39 is 17.9 Å². The van der Waals surface area contributed by atoms with Gasteiger partial charge in [0.1, 0.15) is 0 Å². The number of carbonyl (C=O) groups is 2. The van der Waals surface area contributed by atoms with E-state index in [0.717, 1.165) is 12.8 Å². The molecule has 5 nitrogen and oxygen atoms in total. The zero-order chi connectivity index (χ0) is 19.3. The fraction of sp³-hybridized carbons (Fsp3) is 0.600. The summed E-state index contributed by atoms with van der Waals surface area (Å²) in [5.74, 6) is -0.308. The Balaban J connectivity index is 1.86. The van der Waals surface area contributed by atoms with Gasteiger partial charge < -0.3 is 14.8 Å². The van der Waals surface area contributed by atoms with Crippen molar-refractivity contribution in [3.8, 4) is 5.75 Å². The number of rotatable bonds is 6. The van der Waals surface area contributed by atoms with Crippen molar-refractivity contribution in [1.29, 1.82) is 0 Å². The third-order valence-electron chi connectivity index (χ3n) is 5.28. The monoisotopic (exact) mass is 365 g/mol. The summed E-state index contributed by atoms with van der Waals surface area (Å²) in [4.78, 5) is 24.4. The lowest BCUT2D eigenvalue weighted by Gasteiger charge is -2.35. The standard InChI is InChI=1S/C20H28FNO4/c1-12-6-5-7-17(13(12)2)22-20(24)14(3)26-19(23)11-15-8-9-18(25-4)16(21)10-15/h8-10,12-14,17H,5-7,11H2,1-4H3,(H,22,24)/t12-,13+,14-,17-/m1/s1. The topological polar surface area (TPSA) is 64.6 Å². The summed E-state index contributed by atoms with van der Waals surface area (Å²) in [7, 11) is 1.38. The van der Waals surface area contributed by atoms with Gasteiger partial charge in [0.05, 0.1) is 13.5 Å². The Morgan fingerprint density at radius 3 is 2.69 bits per heavy atom. The van der Waals surface area contributed by atoms with Crippen molar-refractivity contribution in [3.05, 3.63) is 29.6 Å². The first kappa shape index (κ1) is 20.2. The number of esters is 1. The molecule has 1 N–H and O–H groups in total. The van der Waals surface area contributed by atoms with Gasteiger partial charge in [0, 0.05) is 6.04 Å². The maximum atomic E-state index is 13.7. The Morgan fingerprint density at radius 1 is 1.31 bits per heavy atom. The highest BCUT2D eigenvalue weighted by atomic mass is 19.1. The number of carbonyl (C=O) groups excluding carboxylic acids is 2. The number of methoxy groups -OCH3 is 1. The fourth-order valence-corrected chi connectivity index (χ4v) is 3.36. The summed E-state index contributed by atoms with van der Waals surface area (Å²) in [6.45, 7) is 5.89. The third-order valence-corrected chi connectivity index (χ3v) is 5.28. The number of amides is 1. The van der Waals surface area contributed by atoms with Crippen molar-refractivity contribution < 1.29 is 23.5 Å². The van der Waals surface area contributed by atoms with Crippen LogP contribution in [-0.4, -0.2) is 31.1 Å². The third kappa shape index (κ3) is 5.19. The Kier molecular flexibility index (Phi) is 7.00. The van der Waals surface area contributed by atoms with E-state index in [1.54, 1.807) is 13.0 Å². The largest absolute Gasteiger partial charge is 0.494 e. The molecule has 1 aromatic rings. The summed E-state index contributed by atoms with van der Waals surface area (Å²) in [6.07, 6.45) is 2.23. The molecule has 6 heteroatoms. The van der Waals surface area contributed by atoms with Gasteiger partial charge in [0.2, 0.25) is 0 Å². The van der Waals surface area contributed by atoms with Gasteiger partial charge >= 0.3 is 5.97 Å². The minimum atomic E-state index is -0.880. The van der Waals surface area contributed by atoms with E-state index in [1.165, 1.54) is 25.7 Å². The first-order valence-electron chi connectivity index (χ1n) is 9.14. The molecule has 1 aromatic carbocycles. The SMILES string of the molecule is COc1ccc(CC(=O)O[C@H](C)C(=O)N[C@@H]2CCC[C@@H](C)[C@@H]2C)cc1F. The van der Waals surface area contributed by atoms with Crippen molar-refractivity contribution in [1.82, 2.24) is 5.32 Å². The van der Waals surface area contributed by atoms with Crippen LogP contribution in [0.15, 0.2) is 18.2 Å². The Bertz CT molecular complexity index is 649. The van der Waals surface area contributed by atoms with Gasteiger partial charge in [0.15, 0.2) is 17.7 Å². The van der Waals surface area contributed by atoms with Crippen molar-refractivity contribution in [2.75, 3.05) is 7.11 Å². The number of nitrogens with one attached hydrogen (secondary N) is 1. The lowest BCUT2D eigenvalue weighted by molar-refractivity contribution is -0.154. The Labute approximate surface area is 154 Å². The molecule has 1 aliphatic rings. The van der Waals surface area contributed by atoms with Crippen molar-refractivity contribution in [3.63, 3.8) is 0 Å². The van der Waals surface area contributed by atoms with Crippen molar-refractivity contribution in [2.45, 2.75) is 58.6 Å². The zero-order valence-corrected chi connectivity index (χ0v) is 15.9. The van der Waals surface area contributed by atoms with Crippen molar-refractivity contribution >= 4 is 11.9 Å². The van der Waals surface area contributed by atoms with Gasteiger partial charge in [0.25, 0.3) is 5.91 Å². The van der Waals surface area contributed by atoms with Crippen LogP contribution in [0.25, 0.3) is 0 Å². The van der Waals surface area contributed by atoms with Gasteiger partial charge in [-0.1, -0.05) is 32.8 Å². The molecule has 0 spiro atoms. The molecule has 0 saturated heterocycles. The van der Waals surface area contributed by atoms with Gasteiger partial charge in [-0.3, -0.25) is 9.59 Å². The summed E-state index contributed by atoms with van der Waals surface area (Å²) >= 11 is 0. The quantitative estimate of drug-likeness (QED) is 0.786. The number of hydrogen-bond donors (Lipinski definition) is 1. The maximum absolute atomic E-state index is 13.7. The number of halogens is 1. The first-order chi connectivity index (χ1) is 12.3. The van der Waals surface area contributed by atoms with Crippen LogP contribution in [0.3, 0.4) is 0 Å². The molecule has 0 bridgehead atoms. The van der Waals surface area contributed by atoms with Crippen LogP contribution in [0.1, 0.15) is 45.6 Å². The van der Waals surface area contributed by atoms with E-state index in [9.17, 15) is 14.0 Å². The molecule has 0 heterocycles. The molecular formula is C20H28FNO4. The van der Waals surface area contributed by atoms with E-state index in [1.807, 2.05) is 0 Å². The second-order valence-corrected chi connectivity index (χ2v) is 7.16. The van der Waals surface area contributed by atoms with E-state index in [4.69, 9.17) is 9.47 Å². The summed E-state index contributed by atoms with van der Waals surface area (Å²) in [5, 5.41) is 3.00. The van der Waals surface area contributed by atoms with Crippen LogP contribution in [0.2, 0.25) is 0 Å². The van der Waals surface area contributed by atoms with E-state index in [-0.39, 0.29) is 24.1 Å². The Morgan fingerprint density at radius 2 is 2.04 bits per heavy atom. The van der Waals surface area contributed by atoms with Crippen LogP contribution < -0.4 is 10.1 Å². The van der Waals surface area contributed by atoms with Crippen LogP contribution >= 0.6 is 0 Å². The predicted octanol–water partition coefficient (Wildman–Crippen LogP) is 3.25. The average Bonchev–Trinajstić information content (AvgIpc) is 2.59. The lowest BCUT2D eigenvalue weighted by Crippen LogP contribution is -2.47. The molecule has 144 valence electrons. The molecule has 1 aliphatic carbocycles. The molecular weight excluding hydrogens is 337 g/mol. The molecule has 0 radical (unpaired) electrons. The molecule has 1 amide bonds. The molecule has 1 fully saturated rings. The number of hydrogen-bond acceptors (Lipinski definition) is 4. The maximum Gasteiger partial charge on any atom is 0.311 e. The van der Waals surface area contributed by atoms with Crippen LogP contribution in [0, 0.1) is 17.7 Å². The van der Waals surface area contributed by atoms with E-state index >= 15 is 0 Å². The highest BCUT2D eigenvalue weighted by Crippen LogP contribution is 2.29. The molecule has 4 atom stereocenters. The fourth-order valence-electron chi connectivity index (χ4n) is 3.36. The second kappa shape index (κ2) is 9.01. The minimum Gasteiger partial charge on any atom is -0.494 e. The molecule has 0 aliphatic heterocycles.